The largest absolute Gasteiger partial charge is 0.308 e. The number of nitrogens with zero attached hydrogens (tertiary/aromatic N) is 3. The second kappa shape index (κ2) is 6.24. The Balaban J connectivity index is 1.76. The molecular formula is C20H16FN3. The zero-order valence-corrected chi connectivity index (χ0v) is 13.1. The molecule has 0 saturated heterocycles. The van der Waals surface area contributed by atoms with Crippen molar-refractivity contribution >= 4 is 11.2 Å². The number of hydrogen-bond donors (Lipinski definition) is 0. The SMILES string of the molecule is Fc1ccc(Cc2nc3cccnc3n2Cc2ccccc2)cc1. The van der Waals surface area contributed by atoms with Gasteiger partial charge in [-0.05, 0) is 35.4 Å². The van der Waals surface area contributed by atoms with Crippen molar-refractivity contribution in [2.45, 2.75) is 13.0 Å². The third kappa shape index (κ3) is 2.91. The second-order valence-corrected chi connectivity index (χ2v) is 5.75. The van der Waals surface area contributed by atoms with E-state index in [-0.39, 0.29) is 5.82 Å². The van der Waals surface area contributed by atoms with Crippen LogP contribution in [0.2, 0.25) is 0 Å². The molecule has 0 unspecified atom stereocenters. The van der Waals surface area contributed by atoms with Gasteiger partial charge in [-0.15, -0.1) is 0 Å². The highest BCUT2D eigenvalue weighted by atomic mass is 19.1. The van der Waals surface area contributed by atoms with Crippen LogP contribution in [0.1, 0.15) is 17.0 Å². The highest BCUT2D eigenvalue weighted by Crippen LogP contribution is 2.18. The van der Waals surface area contributed by atoms with Gasteiger partial charge in [0, 0.05) is 12.6 Å². The molecule has 0 atom stereocenters. The number of benzene rings is 2. The third-order valence-corrected chi connectivity index (χ3v) is 4.04. The van der Waals surface area contributed by atoms with E-state index in [0.717, 1.165) is 22.6 Å². The van der Waals surface area contributed by atoms with Gasteiger partial charge in [0.2, 0.25) is 0 Å². The van der Waals surface area contributed by atoms with Crippen LogP contribution in [-0.2, 0) is 13.0 Å². The van der Waals surface area contributed by atoms with Crippen LogP contribution in [0.5, 0.6) is 0 Å². The number of pyridine rings is 1. The number of rotatable bonds is 4. The van der Waals surface area contributed by atoms with Gasteiger partial charge in [0.15, 0.2) is 5.65 Å². The number of hydrogen-bond acceptors (Lipinski definition) is 2. The minimum atomic E-state index is -0.224. The van der Waals surface area contributed by atoms with Crippen molar-refractivity contribution in [1.29, 1.82) is 0 Å². The molecule has 0 bridgehead atoms. The lowest BCUT2D eigenvalue weighted by atomic mass is 10.1. The summed E-state index contributed by atoms with van der Waals surface area (Å²) < 4.78 is 15.3. The van der Waals surface area contributed by atoms with E-state index in [1.165, 1.54) is 17.7 Å². The normalized spacial score (nSPS) is 11.0. The molecule has 0 aliphatic rings. The molecule has 0 spiro atoms. The van der Waals surface area contributed by atoms with E-state index in [9.17, 15) is 4.39 Å². The van der Waals surface area contributed by atoms with Gasteiger partial charge in [-0.1, -0.05) is 42.5 Å². The summed E-state index contributed by atoms with van der Waals surface area (Å²) in [6.07, 6.45) is 2.43. The lowest BCUT2D eigenvalue weighted by molar-refractivity contribution is 0.627. The van der Waals surface area contributed by atoms with E-state index in [1.807, 2.05) is 30.3 Å². The average molecular weight is 317 g/mol. The molecule has 118 valence electrons. The fourth-order valence-corrected chi connectivity index (χ4v) is 2.86. The van der Waals surface area contributed by atoms with Crippen molar-refractivity contribution in [2.75, 3.05) is 0 Å². The van der Waals surface area contributed by atoms with E-state index >= 15 is 0 Å². The van der Waals surface area contributed by atoms with Crippen LogP contribution in [0.25, 0.3) is 11.2 Å². The van der Waals surface area contributed by atoms with E-state index in [2.05, 4.69) is 21.7 Å². The van der Waals surface area contributed by atoms with Crippen LogP contribution in [0.15, 0.2) is 72.9 Å². The van der Waals surface area contributed by atoms with Crippen molar-refractivity contribution in [2.24, 2.45) is 0 Å². The Labute approximate surface area is 139 Å². The fraction of sp³-hybridized carbons (Fsp3) is 0.100. The molecule has 0 aliphatic carbocycles. The van der Waals surface area contributed by atoms with Crippen LogP contribution in [0.4, 0.5) is 4.39 Å². The van der Waals surface area contributed by atoms with Crippen LogP contribution in [0, 0.1) is 5.82 Å². The quantitative estimate of drug-likeness (QED) is 0.564. The summed E-state index contributed by atoms with van der Waals surface area (Å²) in [5.74, 6) is 0.706. The van der Waals surface area contributed by atoms with E-state index in [4.69, 9.17) is 4.98 Å². The molecule has 4 aromatic rings. The van der Waals surface area contributed by atoms with Gasteiger partial charge >= 0.3 is 0 Å². The Morgan fingerprint density at radius 2 is 1.62 bits per heavy atom. The highest BCUT2D eigenvalue weighted by molar-refractivity contribution is 5.71. The molecule has 2 aromatic heterocycles. The second-order valence-electron chi connectivity index (χ2n) is 5.75. The van der Waals surface area contributed by atoms with Crippen molar-refractivity contribution in [3.63, 3.8) is 0 Å². The summed E-state index contributed by atoms with van der Waals surface area (Å²) in [7, 11) is 0. The first-order chi connectivity index (χ1) is 11.8. The zero-order valence-electron chi connectivity index (χ0n) is 13.1. The fourth-order valence-electron chi connectivity index (χ4n) is 2.86. The first-order valence-corrected chi connectivity index (χ1v) is 7.88. The minimum Gasteiger partial charge on any atom is -0.308 e. The lowest BCUT2D eigenvalue weighted by Crippen LogP contribution is -2.06. The molecule has 0 amide bonds. The Morgan fingerprint density at radius 1 is 0.833 bits per heavy atom. The standard InChI is InChI=1S/C20H16FN3/c21-17-10-8-15(9-11-17)13-19-23-18-7-4-12-22-20(18)24(19)14-16-5-2-1-3-6-16/h1-12H,13-14H2. The predicted molar refractivity (Wildman–Crippen MR) is 92.3 cm³/mol. The maximum Gasteiger partial charge on any atom is 0.160 e. The van der Waals surface area contributed by atoms with Crippen molar-refractivity contribution in [3.8, 4) is 0 Å². The van der Waals surface area contributed by atoms with Gasteiger partial charge in [-0.25, -0.2) is 14.4 Å². The van der Waals surface area contributed by atoms with Crippen molar-refractivity contribution in [3.05, 3.63) is 95.7 Å². The summed E-state index contributed by atoms with van der Waals surface area (Å²) >= 11 is 0. The number of imidazole rings is 1. The molecule has 3 nitrogen and oxygen atoms in total. The van der Waals surface area contributed by atoms with E-state index in [1.54, 1.807) is 18.3 Å². The van der Waals surface area contributed by atoms with Crippen LogP contribution >= 0.6 is 0 Å². The van der Waals surface area contributed by atoms with Crippen molar-refractivity contribution in [1.82, 2.24) is 14.5 Å². The van der Waals surface area contributed by atoms with E-state index in [0.29, 0.717) is 13.0 Å². The first-order valence-electron chi connectivity index (χ1n) is 7.88. The number of aromatic nitrogens is 3. The first kappa shape index (κ1) is 14.6. The Bertz CT molecular complexity index is 959. The molecule has 2 heterocycles. The molecule has 0 N–H and O–H groups in total. The van der Waals surface area contributed by atoms with Crippen LogP contribution < -0.4 is 0 Å². The summed E-state index contributed by atoms with van der Waals surface area (Å²) in [4.78, 5) is 9.23. The zero-order chi connectivity index (χ0) is 16.4. The molecule has 24 heavy (non-hydrogen) atoms. The van der Waals surface area contributed by atoms with Gasteiger partial charge in [0.25, 0.3) is 0 Å². The highest BCUT2D eigenvalue weighted by Gasteiger charge is 2.12. The maximum absolute atomic E-state index is 13.1. The van der Waals surface area contributed by atoms with Gasteiger partial charge < -0.3 is 4.57 Å². The molecule has 4 heteroatoms. The van der Waals surface area contributed by atoms with Gasteiger partial charge in [0.05, 0.1) is 6.54 Å². The third-order valence-electron chi connectivity index (χ3n) is 4.04. The monoisotopic (exact) mass is 317 g/mol. The maximum atomic E-state index is 13.1. The van der Waals surface area contributed by atoms with Crippen molar-refractivity contribution < 1.29 is 4.39 Å². The van der Waals surface area contributed by atoms with Crippen LogP contribution in [0.3, 0.4) is 0 Å². The smallest absolute Gasteiger partial charge is 0.160 e. The summed E-state index contributed by atoms with van der Waals surface area (Å²) in [5, 5.41) is 0. The summed E-state index contributed by atoms with van der Waals surface area (Å²) in [6.45, 7) is 0.713. The minimum absolute atomic E-state index is 0.224. The summed E-state index contributed by atoms with van der Waals surface area (Å²) in [5.41, 5.74) is 3.98. The summed E-state index contributed by atoms with van der Waals surface area (Å²) in [6, 6.07) is 20.7. The Kier molecular flexibility index (Phi) is 3.79. The molecule has 0 radical (unpaired) electrons. The molecular weight excluding hydrogens is 301 g/mol. The number of halogens is 1. The van der Waals surface area contributed by atoms with Crippen LogP contribution in [-0.4, -0.2) is 14.5 Å². The van der Waals surface area contributed by atoms with Gasteiger partial charge in [-0.3, -0.25) is 0 Å². The van der Waals surface area contributed by atoms with Gasteiger partial charge in [0.1, 0.15) is 17.2 Å². The van der Waals surface area contributed by atoms with E-state index < -0.39 is 0 Å². The molecule has 4 rings (SSSR count). The Hall–Kier alpha value is -3.01. The molecule has 0 saturated carbocycles. The molecule has 0 fully saturated rings. The predicted octanol–water partition coefficient (Wildman–Crippen LogP) is 4.21. The number of fused-ring (bicyclic) bond motifs is 1. The molecule has 2 aromatic carbocycles. The topological polar surface area (TPSA) is 30.7 Å². The Morgan fingerprint density at radius 3 is 2.42 bits per heavy atom. The average Bonchev–Trinajstić information content (AvgIpc) is 2.95. The molecule has 0 aliphatic heterocycles. The lowest BCUT2D eigenvalue weighted by Gasteiger charge is -2.09. The van der Waals surface area contributed by atoms with Gasteiger partial charge in [-0.2, -0.15) is 0 Å².